The Morgan fingerprint density at radius 2 is 1.67 bits per heavy atom. The van der Waals surface area contributed by atoms with Gasteiger partial charge in [-0.25, -0.2) is 0 Å². The van der Waals surface area contributed by atoms with Crippen molar-refractivity contribution in [1.82, 2.24) is 4.90 Å². The van der Waals surface area contributed by atoms with Gasteiger partial charge in [-0.05, 0) is 25.6 Å². The summed E-state index contributed by atoms with van der Waals surface area (Å²) in [5.74, 6) is -0.596. The van der Waals surface area contributed by atoms with Crippen LogP contribution < -0.4 is 9.80 Å². The summed E-state index contributed by atoms with van der Waals surface area (Å²) in [6.45, 7) is 3.08. The molecule has 0 radical (unpaired) electrons. The van der Waals surface area contributed by atoms with Crippen LogP contribution in [0.25, 0.3) is 0 Å². The molecule has 128 valence electrons. The number of benzene rings is 1. The lowest BCUT2D eigenvalue weighted by molar-refractivity contribution is -0.384. The van der Waals surface area contributed by atoms with E-state index in [4.69, 9.17) is 0 Å². The topological polar surface area (TPSA) is 87.0 Å². The Hall–Kier alpha value is -2.48. The van der Waals surface area contributed by atoms with Gasteiger partial charge < -0.3 is 9.80 Å². The van der Waals surface area contributed by atoms with Crippen LogP contribution in [0.2, 0.25) is 0 Å². The van der Waals surface area contributed by atoms with Crippen LogP contribution in [0.4, 0.5) is 17.1 Å². The Balaban J connectivity index is 1.94. The number of rotatable bonds is 3. The molecule has 8 nitrogen and oxygen atoms in total. The second kappa shape index (κ2) is 6.56. The van der Waals surface area contributed by atoms with E-state index in [1.807, 2.05) is 11.9 Å². The number of amides is 2. The van der Waals surface area contributed by atoms with Crippen LogP contribution in [0.3, 0.4) is 0 Å². The van der Waals surface area contributed by atoms with Crippen molar-refractivity contribution in [3.8, 4) is 0 Å². The van der Waals surface area contributed by atoms with E-state index < -0.39 is 4.92 Å². The highest BCUT2D eigenvalue weighted by atomic mass is 16.6. The molecule has 1 aromatic carbocycles. The first-order valence-corrected chi connectivity index (χ1v) is 8.05. The zero-order valence-electron chi connectivity index (χ0n) is 13.6. The number of carbonyl (C=O) groups excluding carboxylic acids is 2. The van der Waals surface area contributed by atoms with Crippen LogP contribution in [0.15, 0.2) is 18.2 Å². The molecule has 0 unspecified atom stereocenters. The highest BCUT2D eigenvalue weighted by Gasteiger charge is 2.30. The third-order valence-corrected chi connectivity index (χ3v) is 4.54. The molecule has 1 aromatic rings. The van der Waals surface area contributed by atoms with Crippen molar-refractivity contribution in [3.05, 3.63) is 28.3 Å². The summed E-state index contributed by atoms with van der Waals surface area (Å²) in [6, 6.07) is 4.62. The predicted molar refractivity (Wildman–Crippen MR) is 89.2 cm³/mol. The number of likely N-dealkylation sites (N-methyl/N-ethyl adjacent to an activating group) is 1. The molecule has 0 aliphatic carbocycles. The van der Waals surface area contributed by atoms with Gasteiger partial charge in [0.25, 0.3) is 5.69 Å². The zero-order chi connectivity index (χ0) is 17.3. The van der Waals surface area contributed by atoms with Crippen molar-refractivity contribution in [1.29, 1.82) is 0 Å². The summed E-state index contributed by atoms with van der Waals surface area (Å²) in [5.41, 5.74) is 0.756. The SMILES string of the molecule is CN1CCN(c2ccc(N3C(=O)CCCC3=O)cc2[N+](=O)[O-])CC1. The largest absolute Gasteiger partial charge is 0.363 e. The van der Waals surface area contributed by atoms with Gasteiger partial charge in [0.15, 0.2) is 0 Å². The second-order valence-electron chi connectivity index (χ2n) is 6.20. The van der Waals surface area contributed by atoms with Crippen molar-refractivity contribution < 1.29 is 14.5 Å². The normalized spacial score (nSPS) is 19.7. The third-order valence-electron chi connectivity index (χ3n) is 4.54. The molecule has 3 rings (SSSR count). The molecule has 0 aromatic heterocycles. The van der Waals surface area contributed by atoms with E-state index >= 15 is 0 Å². The predicted octanol–water partition coefficient (Wildman–Crippen LogP) is 1.39. The highest BCUT2D eigenvalue weighted by molar-refractivity contribution is 6.16. The smallest absolute Gasteiger partial charge is 0.294 e. The van der Waals surface area contributed by atoms with Crippen molar-refractivity contribution in [2.24, 2.45) is 0 Å². The van der Waals surface area contributed by atoms with Crippen molar-refractivity contribution in [2.75, 3.05) is 43.0 Å². The molecule has 24 heavy (non-hydrogen) atoms. The zero-order valence-corrected chi connectivity index (χ0v) is 13.6. The van der Waals surface area contributed by atoms with Crippen LogP contribution >= 0.6 is 0 Å². The summed E-state index contributed by atoms with van der Waals surface area (Å²) in [5, 5.41) is 11.5. The minimum absolute atomic E-state index is 0.0665. The first-order chi connectivity index (χ1) is 11.5. The van der Waals surface area contributed by atoms with E-state index in [0.29, 0.717) is 38.0 Å². The molecule has 0 N–H and O–H groups in total. The van der Waals surface area contributed by atoms with Gasteiger partial charge in [-0.3, -0.25) is 24.6 Å². The maximum absolute atomic E-state index is 12.0. The number of carbonyl (C=O) groups is 2. The number of nitro benzene ring substituents is 1. The molecule has 2 heterocycles. The number of nitrogens with zero attached hydrogens (tertiary/aromatic N) is 4. The number of hydrogen-bond acceptors (Lipinski definition) is 6. The quantitative estimate of drug-likeness (QED) is 0.472. The van der Waals surface area contributed by atoms with Crippen LogP contribution in [-0.2, 0) is 9.59 Å². The summed E-state index contributed by atoms with van der Waals surface area (Å²) in [6.07, 6.45) is 1.12. The highest BCUT2D eigenvalue weighted by Crippen LogP contribution is 2.34. The average molecular weight is 332 g/mol. The van der Waals surface area contributed by atoms with Gasteiger partial charge >= 0.3 is 0 Å². The summed E-state index contributed by atoms with van der Waals surface area (Å²) >= 11 is 0. The van der Waals surface area contributed by atoms with Crippen molar-refractivity contribution in [3.63, 3.8) is 0 Å². The number of piperidine rings is 1. The molecule has 0 atom stereocenters. The molecule has 8 heteroatoms. The monoisotopic (exact) mass is 332 g/mol. The molecule has 2 amide bonds. The fourth-order valence-electron chi connectivity index (χ4n) is 3.15. The van der Waals surface area contributed by atoms with Crippen LogP contribution in [0.5, 0.6) is 0 Å². The van der Waals surface area contributed by atoms with E-state index in [1.165, 1.54) is 6.07 Å². The van der Waals surface area contributed by atoms with Gasteiger partial charge in [0.1, 0.15) is 5.69 Å². The van der Waals surface area contributed by atoms with E-state index in [2.05, 4.69) is 4.90 Å². The number of imide groups is 1. The molecule has 2 saturated heterocycles. The van der Waals surface area contributed by atoms with E-state index in [0.717, 1.165) is 18.0 Å². The molecule has 0 spiro atoms. The first-order valence-electron chi connectivity index (χ1n) is 8.05. The maximum atomic E-state index is 12.0. The van der Waals surface area contributed by atoms with Gasteiger partial charge in [0, 0.05) is 45.1 Å². The number of hydrogen-bond donors (Lipinski definition) is 0. The lowest BCUT2D eigenvalue weighted by Crippen LogP contribution is -2.44. The van der Waals surface area contributed by atoms with Gasteiger partial charge in [0.2, 0.25) is 11.8 Å². The summed E-state index contributed by atoms with van der Waals surface area (Å²) < 4.78 is 0. The Bertz CT molecular complexity index is 667. The lowest BCUT2D eigenvalue weighted by atomic mass is 10.1. The fourth-order valence-corrected chi connectivity index (χ4v) is 3.15. The number of anilines is 2. The Morgan fingerprint density at radius 1 is 1.04 bits per heavy atom. The molecule has 0 bridgehead atoms. The standard InChI is InChI=1S/C16H20N4O4/c1-17-7-9-18(10-8-17)13-6-5-12(11-14(13)20(23)24)19-15(21)3-2-4-16(19)22/h5-6,11H,2-4,7-10H2,1H3. The minimum Gasteiger partial charge on any atom is -0.363 e. The van der Waals surface area contributed by atoms with Gasteiger partial charge in [-0.15, -0.1) is 0 Å². The molecule has 2 aliphatic rings. The Morgan fingerprint density at radius 3 is 2.25 bits per heavy atom. The minimum atomic E-state index is -0.448. The Labute approximate surface area is 139 Å². The molecule has 2 aliphatic heterocycles. The maximum Gasteiger partial charge on any atom is 0.294 e. The van der Waals surface area contributed by atoms with Crippen molar-refractivity contribution in [2.45, 2.75) is 19.3 Å². The summed E-state index contributed by atoms with van der Waals surface area (Å²) in [4.78, 5) is 40.3. The van der Waals surface area contributed by atoms with E-state index in [-0.39, 0.29) is 23.2 Å². The molecular weight excluding hydrogens is 312 g/mol. The van der Waals surface area contributed by atoms with Gasteiger partial charge in [-0.2, -0.15) is 0 Å². The lowest BCUT2D eigenvalue weighted by Gasteiger charge is -2.34. The third kappa shape index (κ3) is 3.09. The fraction of sp³-hybridized carbons (Fsp3) is 0.500. The molecule has 2 fully saturated rings. The molecular formula is C16H20N4O4. The van der Waals surface area contributed by atoms with Crippen LogP contribution in [0, 0.1) is 10.1 Å². The number of nitro groups is 1. The van der Waals surface area contributed by atoms with Crippen LogP contribution in [-0.4, -0.2) is 54.9 Å². The van der Waals surface area contributed by atoms with E-state index in [9.17, 15) is 19.7 Å². The van der Waals surface area contributed by atoms with Gasteiger partial charge in [-0.1, -0.05) is 0 Å². The number of piperazine rings is 1. The average Bonchev–Trinajstić information content (AvgIpc) is 2.55. The van der Waals surface area contributed by atoms with E-state index in [1.54, 1.807) is 12.1 Å². The van der Waals surface area contributed by atoms with Gasteiger partial charge in [0.05, 0.1) is 10.6 Å². The molecule has 0 saturated carbocycles. The second-order valence-corrected chi connectivity index (χ2v) is 6.20. The first kappa shape index (κ1) is 16.4. The van der Waals surface area contributed by atoms with Crippen molar-refractivity contribution >= 4 is 28.9 Å². The summed E-state index contributed by atoms with van der Waals surface area (Å²) in [7, 11) is 2.02. The van der Waals surface area contributed by atoms with Crippen LogP contribution in [0.1, 0.15) is 19.3 Å². The Kier molecular flexibility index (Phi) is 4.48.